The normalized spacial score (nSPS) is 18.9. The summed E-state index contributed by atoms with van der Waals surface area (Å²) in [6.07, 6.45) is 0.894. The number of carbonyl (C=O) groups is 2. The van der Waals surface area contributed by atoms with Crippen LogP contribution < -0.4 is 10.3 Å². The Kier molecular flexibility index (Phi) is 7.44. The SMILES string of the molecule is O=C(O)[C@H]1[C@H](Cn2nnc3ccccc3c2=O)CC[C@@H]1C(=O)c1ccc(OCc2ccc(Cl)c(Cl)c2)cc1. The summed E-state index contributed by atoms with van der Waals surface area (Å²) in [5.41, 5.74) is 1.40. The number of hydrogen-bond donors (Lipinski definition) is 1. The molecule has 3 atom stereocenters. The molecule has 0 aliphatic heterocycles. The van der Waals surface area contributed by atoms with Crippen molar-refractivity contribution < 1.29 is 19.4 Å². The van der Waals surface area contributed by atoms with Crippen LogP contribution in [0.4, 0.5) is 0 Å². The number of benzene rings is 3. The molecule has 0 bridgehead atoms. The molecule has 0 amide bonds. The Morgan fingerprint density at radius 3 is 2.50 bits per heavy atom. The standard InChI is InChI=1S/C28H23Cl2N3O5/c29-22-12-5-16(13-23(22)30)15-38-19-9-6-17(7-10-19)26(34)21-11-8-18(25(21)28(36)37)14-33-27(35)20-3-1-2-4-24(20)31-32-33/h1-7,9-10,12-13,18,21,25H,8,11,14-15H2,(H,36,37)/t18-,21-,25-/m0/s1. The average molecular weight is 552 g/mol. The van der Waals surface area contributed by atoms with E-state index in [1.807, 2.05) is 6.07 Å². The molecule has 38 heavy (non-hydrogen) atoms. The van der Waals surface area contributed by atoms with Gasteiger partial charge in [0, 0.05) is 11.5 Å². The fraction of sp³-hybridized carbons (Fsp3) is 0.250. The monoisotopic (exact) mass is 551 g/mol. The molecule has 0 radical (unpaired) electrons. The second kappa shape index (κ2) is 10.9. The number of rotatable bonds is 8. The molecule has 1 aliphatic carbocycles. The maximum atomic E-state index is 13.3. The summed E-state index contributed by atoms with van der Waals surface area (Å²) in [6.45, 7) is 0.353. The highest BCUT2D eigenvalue weighted by Gasteiger charge is 2.45. The van der Waals surface area contributed by atoms with Crippen LogP contribution in [0.5, 0.6) is 5.75 Å². The lowest BCUT2D eigenvalue weighted by Crippen LogP contribution is -2.34. The zero-order chi connectivity index (χ0) is 26.8. The number of ether oxygens (including phenoxy) is 1. The molecule has 0 unspecified atom stereocenters. The molecular formula is C28H23Cl2N3O5. The first-order valence-electron chi connectivity index (χ1n) is 12.1. The Morgan fingerprint density at radius 2 is 1.76 bits per heavy atom. The van der Waals surface area contributed by atoms with E-state index in [-0.39, 0.29) is 24.5 Å². The smallest absolute Gasteiger partial charge is 0.307 e. The minimum absolute atomic E-state index is 0.0822. The van der Waals surface area contributed by atoms with E-state index in [9.17, 15) is 19.5 Å². The quantitative estimate of drug-likeness (QED) is 0.296. The van der Waals surface area contributed by atoms with E-state index < -0.39 is 23.7 Å². The van der Waals surface area contributed by atoms with E-state index in [1.54, 1.807) is 60.7 Å². The van der Waals surface area contributed by atoms with Crippen molar-refractivity contribution in [2.75, 3.05) is 0 Å². The van der Waals surface area contributed by atoms with Gasteiger partial charge in [-0.2, -0.15) is 0 Å². The Hall–Kier alpha value is -3.75. The highest BCUT2D eigenvalue weighted by Crippen LogP contribution is 2.40. The van der Waals surface area contributed by atoms with Crippen molar-refractivity contribution >= 4 is 45.9 Å². The third-order valence-corrected chi connectivity index (χ3v) is 7.72. The number of hydrogen-bond acceptors (Lipinski definition) is 6. The number of carbonyl (C=O) groups excluding carboxylic acids is 1. The van der Waals surface area contributed by atoms with Gasteiger partial charge in [0.1, 0.15) is 17.9 Å². The third kappa shape index (κ3) is 5.28. The number of aromatic nitrogens is 3. The summed E-state index contributed by atoms with van der Waals surface area (Å²) in [6, 6.07) is 18.7. The van der Waals surface area contributed by atoms with E-state index >= 15 is 0 Å². The zero-order valence-corrected chi connectivity index (χ0v) is 21.6. The molecule has 0 saturated heterocycles. The van der Waals surface area contributed by atoms with Crippen molar-refractivity contribution in [3.63, 3.8) is 0 Å². The van der Waals surface area contributed by atoms with Gasteiger partial charge >= 0.3 is 5.97 Å². The summed E-state index contributed by atoms with van der Waals surface area (Å²) in [7, 11) is 0. The summed E-state index contributed by atoms with van der Waals surface area (Å²) < 4.78 is 6.98. The highest BCUT2D eigenvalue weighted by molar-refractivity contribution is 6.42. The van der Waals surface area contributed by atoms with Crippen molar-refractivity contribution in [2.24, 2.45) is 17.8 Å². The maximum Gasteiger partial charge on any atom is 0.307 e. The minimum Gasteiger partial charge on any atom is -0.489 e. The molecule has 194 valence electrons. The number of carboxylic acids is 1. The molecule has 1 aromatic heterocycles. The van der Waals surface area contributed by atoms with Gasteiger partial charge in [-0.15, -0.1) is 5.10 Å². The van der Waals surface area contributed by atoms with Gasteiger partial charge in [0.15, 0.2) is 5.78 Å². The Labute approximate surface area is 227 Å². The van der Waals surface area contributed by atoms with Crippen LogP contribution in [-0.2, 0) is 17.9 Å². The van der Waals surface area contributed by atoms with Gasteiger partial charge in [0.25, 0.3) is 5.56 Å². The number of aliphatic carboxylic acids is 1. The predicted molar refractivity (Wildman–Crippen MR) is 143 cm³/mol. The number of fused-ring (bicyclic) bond motifs is 1. The predicted octanol–water partition coefficient (Wildman–Crippen LogP) is 5.29. The average Bonchev–Trinajstić information content (AvgIpc) is 3.35. The molecule has 1 aliphatic rings. The Balaban J connectivity index is 1.28. The number of nitrogens with zero attached hydrogens (tertiary/aromatic N) is 3. The molecule has 1 fully saturated rings. The van der Waals surface area contributed by atoms with E-state index in [0.717, 1.165) is 5.56 Å². The van der Waals surface area contributed by atoms with Crippen LogP contribution in [0, 0.1) is 17.8 Å². The molecule has 4 aromatic rings. The lowest BCUT2D eigenvalue weighted by molar-refractivity contribution is -0.144. The van der Waals surface area contributed by atoms with Crippen LogP contribution >= 0.6 is 23.2 Å². The fourth-order valence-electron chi connectivity index (χ4n) is 5.04. The zero-order valence-electron chi connectivity index (χ0n) is 20.1. The lowest BCUT2D eigenvalue weighted by atomic mass is 9.84. The van der Waals surface area contributed by atoms with Crippen molar-refractivity contribution in [2.45, 2.75) is 26.0 Å². The second-order valence-corrected chi connectivity index (χ2v) is 10.1. The molecule has 3 aromatic carbocycles. The van der Waals surface area contributed by atoms with Crippen molar-refractivity contribution in [3.05, 3.63) is 98.3 Å². The Bertz CT molecular complexity index is 1570. The first-order valence-corrected chi connectivity index (χ1v) is 12.8. The van der Waals surface area contributed by atoms with Crippen molar-refractivity contribution in [1.29, 1.82) is 0 Å². The lowest BCUT2D eigenvalue weighted by Gasteiger charge is -2.20. The van der Waals surface area contributed by atoms with Gasteiger partial charge in [-0.05, 0) is 72.9 Å². The van der Waals surface area contributed by atoms with E-state index in [0.29, 0.717) is 45.1 Å². The van der Waals surface area contributed by atoms with Crippen LogP contribution in [-0.4, -0.2) is 31.9 Å². The summed E-state index contributed by atoms with van der Waals surface area (Å²) in [4.78, 5) is 38.4. The third-order valence-electron chi connectivity index (χ3n) is 6.98. The van der Waals surface area contributed by atoms with Gasteiger partial charge in [-0.25, -0.2) is 4.68 Å². The van der Waals surface area contributed by atoms with E-state index in [2.05, 4.69) is 10.3 Å². The van der Waals surface area contributed by atoms with Gasteiger partial charge in [-0.3, -0.25) is 14.4 Å². The number of ketones is 1. The fourth-order valence-corrected chi connectivity index (χ4v) is 5.37. The number of halogens is 2. The number of Topliss-reactive ketones (excluding diaryl/α,β-unsaturated/α-hetero) is 1. The number of carboxylic acid groups (broad SMARTS) is 1. The van der Waals surface area contributed by atoms with E-state index in [1.165, 1.54) is 4.68 Å². The van der Waals surface area contributed by atoms with Gasteiger partial charge in [0.05, 0.1) is 27.9 Å². The Morgan fingerprint density at radius 1 is 1.00 bits per heavy atom. The molecule has 1 saturated carbocycles. The van der Waals surface area contributed by atoms with Gasteiger partial charge in [0.2, 0.25) is 0 Å². The first kappa shape index (κ1) is 25.9. The topological polar surface area (TPSA) is 111 Å². The molecule has 1 N–H and O–H groups in total. The molecule has 1 heterocycles. The van der Waals surface area contributed by atoms with Gasteiger partial charge in [-0.1, -0.05) is 46.6 Å². The minimum atomic E-state index is -1.06. The van der Waals surface area contributed by atoms with Crippen molar-refractivity contribution in [3.8, 4) is 5.75 Å². The van der Waals surface area contributed by atoms with Gasteiger partial charge < -0.3 is 9.84 Å². The van der Waals surface area contributed by atoms with Crippen molar-refractivity contribution in [1.82, 2.24) is 15.0 Å². The molecule has 5 rings (SSSR count). The van der Waals surface area contributed by atoms with Crippen LogP contribution in [0.15, 0.2) is 71.5 Å². The maximum absolute atomic E-state index is 13.3. The van der Waals surface area contributed by atoms with Crippen LogP contribution in [0.25, 0.3) is 10.9 Å². The summed E-state index contributed by atoms with van der Waals surface area (Å²) in [5.74, 6) is -2.82. The molecule has 0 spiro atoms. The van der Waals surface area contributed by atoms with Crippen LogP contribution in [0.3, 0.4) is 0 Å². The summed E-state index contributed by atoms with van der Waals surface area (Å²) >= 11 is 12.0. The van der Waals surface area contributed by atoms with Crippen LogP contribution in [0.1, 0.15) is 28.8 Å². The first-order chi connectivity index (χ1) is 18.3. The second-order valence-electron chi connectivity index (χ2n) is 9.33. The van der Waals surface area contributed by atoms with Crippen LogP contribution in [0.2, 0.25) is 10.0 Å². The molecule has 8 nitrogen and oxygen atoms in total. The highest BCUT2D eigenvalue weighted by atomic mass is 35.5. The summed E-state index contributed by atoms with van der Waals surface area (Å²) in [5, 5.41) is 19.4. The largest absolute Gasteiger partial charge is 0.489 e. The van der Waals surface area contributed by atoms with E-state index in [4.69, 9.17) is 27.9 Å². The molecular weight excluding hydrogens is 529 g/mol. The molecule has 10 heteroatoms.